The van der Waals surface area contributed by atoms with Crippen LogP contribution in [0.4, 0.5) is 18.9 Å². The van der Waals surface area contributed by atoms with Gasteiger partial charge < -0.3 is 10.2 Å². The normalized spacial score (nSPS) is 17.2. The molecule has 2 aromatic carbocycles. The highest BCUT2D eigenvalue weighted by molar-refractivity contribution is 6.31. The van der Waals surface area contributed by atoms with Gasteiger partial charge in [-0.25, -0.2) is 4.98 Å². The number of benzene rings is 2. The van der Waals surface area contributed by atoms with E-state index in [9.17, 15) is 13.2 Å². The van der Waals surface area contributed by atoms with Crippen LogP contribution in [0.1, 0.15) is 24.1 Å². The van der Waals surface area contributed by atoms with Crippen LogP contribution in [0.2, 0.25) is 5.02 Å². The van der Waals surface area contributed by atoms with Crippen molar-refractivity contribution in [1.82, 2.24) is 9.88 Å². The molecule has 30 heavy (non-hydrogen) atoms. The molecule has 1 saturated heterocycles. The van der Waals surface area contributed by atoms with Crippen molar-refractivity contribution < 1.29 is 13.2 Å². The van der Waals surface area contributed by atoms with E-state index in [-0.39, 0.29) is 10.9 Å². The number of anilines is 1. The van der Waals surface area contributed by atoms with Gasteiger partial charge in [-0.05, 0) is 62.8 Å². The minimum atomic E-state index is -4.52. The number of nitrogens with one attached hydrogen (secondary N) is 1. The van der Waals surface area contributed by atoms with E-state index in [1.807, 2.05) is 18.2 Å². The van der Waals surface area contributed by atoms with Crippen LogP contribution in [0.3, 0.4) is 0 Å². The van der Waals surface area contributed by atoms with Crippen molar-refractivity contribution in [3.05, 3.63) is 70.9 Å². The van der Waals surface area contributed by atoms with Gasteiger partial charge in [-0.3, -0.25) is 0 Å². The summed E-state index contributed by atoms with van der Waals surface area (Å²) in [5.41, 5.74) is 0.827. The van der Waals surface area contributed by atoms with Gasteiger partial charge >= 0.3 is 6.18 Å². The lowest BCUT2D eigenvalue weighted by atomic mass is 9.72. The molecule has 0 amide bonds. The Hall–Kier alpha value is -2.31. The Morgan fingerprint density at radius 2 is 1.77 bits per heavy atom. The summed E-state index contributed by atoms with van der Waals surface area (Å²) in [6.07, 6.45) is -2.66. The fourth-order valence-corrected chi connectivity index (χ4v) is 4.33. The van der Waals surface area contributed by atoms with Gasteiger partial charge in [0.15, 0.2) is 0 Å². The Bertz CT molecular complexity index is 1030. The second-order valence-corrected chi connectivity index (χ2v) is 8.45. The third-order valence-electron chi connectivity index (χ3n) is 6.01. The third kappa shape index (κ3) is 4.25. The molecule has 0 saturated carbocycles. The predicted octanol–water partition coefficient (Wildman–Crippen LogP) is 5.98. The average Bonchev–Trinajstić information content (AvgIpc) is 2.73. The summed E-state index contributed by atoms with van der Waals surface area (Å²) in [6.45, 7) is 2.41. The van der Waals surface area contributed by atoms with E-state index in [0.29, 0.717) is 22.6 Å². The van der Waals surface area contributed by atoms with Crippen LogP contribution in [-0.4, -0.2) is 36.6 Å². The molecule has 0 bridgehead atoms. The molecule has 0 atom stereocenters. The number of halogens is 4. The highest BCUT2D eigenvalue weighted by atomic mass is 35.5. The Labute approximate surface area is 178 Å². The number of rotatable bonds is 4. The second kappa shape index (κ2) is 8.08. The first-order valence-corrected chi connectivity index (χ1v) is 10.3. The van der Waals surface area contributed by atoms with E-state index in [4.69, 9.17) is 11.6 Å². The SMILES string of the molecule is CN1CCC(CNc2cc(C(F)(F)F)nc3ccc(Cl)cc23)(c2ccccc2)CC1. The molecule has 3 aromatic rings. The number of alkyl halides is 3. The van der Waals surface area contributed by atoms with E-state index >= 15 is 0 Å². The predicted molar refractivity (Wildman–Crippen MR) is 115 cm³/mol. The number of hydrogen-bond donors (Lipinski definition) is 1. The standard InChI is InChI=1S/C23H23ClF3N3/c1-30-11-9-22(10-12-30,16-5-3-2-4-6-16)15-28-20-14-21(23(25,26)27)29-19-8-7-17(24)13-18(19)20/h2-8,13-14H,9-12,15H2,1H3,(H,28,29). The molecule has 7 heteroatoms. The number of piperidine rings is 1. The summed E-state index contributed by atoms with van der Waals surface area (Å²) in [5, 5.41) is 4.39. The largest absolute Gasteiger partial charge is 0.433 e. The minimum absolute atomic E-state index is 0.152. The van der Waals surface area contributed by atoms with E-state index in [1.54, 1.807) is 12.1 Å². The maximum atomic E-state index is 13.4. The van der Waals surface area contributed by atoms with Gasteiger partial charge in [-0.15, -0.1) is 0 Å². The quantitative estimate of drug-likeness (QED) is 0.548. The van der Waals surface area contributed by atoms with Gasteiger partial charge in [0.05, 0.1) is 5.52 Å². The molecule has 0 aliphatic carbocycles. The number of pyridine rings is 1. The maximum absolute atomic E-state index is 13.4. The Balaban J connectivity index is 1.72. The molecule has 1 fully saturated rings. The van der Waals surface area contributed by atoms with Crippen molar-refractivity contribution in [2.45, 2.75) is 24.4 Å². The molecule has 0 unspecified atom stereocenters. The monoisotopic (exact) mass is 433 g/mol. The molecule has 158 valence electrons. The molecule has 0 radical (unpaired) electrons. The van der Waals surface area contributed by atoms with E-state index in [2.05, 4.69) is 34.4 Å². The van der Waals surface area contributed by atoms with Crippen LogP contribution in [-0.2, 0) is 11.6 Å². The molecule has 1 N–H and O–H groups in total. The molecular formula is C23H23ClF3N3. The Morgan fingerprint density at radius 1 is 1.07 bits per heavy atom. The second-order valence-electron chi connectivity index (χ2n) is 8.02. The highest BCUT2D eigenvalue weighted by Crippen LogP contribution is 2.38. The van der Waals surface area contributed by atoms with Gasteiger partial charge in [0, 0.05) is 28.1 Å². The number of fused-ring (bicyclic) bond motifs is 1. The molecule has 1 aromatic heterocycles. The number of aromatic nitrogens is 1. The molecule has 1 aliphatic heterocycles. The van der Waals surface area contributed by atoms with Crippen molar-refractivity contribution in [1.29, 1.82) is 0 Å². The smallest absolute Gasteiger partial charge is 0.384 e. The highest BCUT2D eigenvalue weighted by Gasteiger charge is 2.36. The lowest BCUT2D eigenvalue weighted by Gasteiger charge is -2.41. The van der Waals surface area contributed by atoms with Crippen molar-refractivity contribution in [3.63, 3.8) is 0 Å². The van der Waals surface area contributed by atoms with Gasteiger partial charge in [-0.1, -0.05) is 41.9 Å². The first-order chi connectivity index (χ1) is 14.3. The van der Waals surface area contributed by atoms with Crippen LogP contribution in [0.5, 0.6) is 0 Å². The molecule has 0 spiro atoms. The topological polar surface area (TPSA) is 28.2 Å². The molecule has 2 heterocycles. The van der Waals surface area contributed by atoms with Gasteiger partial charge in [-0.2, -0.15) is 13.2 Å². The lowest BCUT2D eigenvalue weighted by Crippen LogP contribution is -2.45. The molecule has 1 aliphatic rings. The summed E-state index contributed by atoms with van der Waals surface area (Å²) in [4.78, 5) is 6.08. The van der Waals surface area contributed by atoms with Crippen LogP contribution in [0, 0.1) is 0 Å². The number of hydrogen-bond acceptors (Lipinski definition) is 3. The first-order valence-electron chi connectivity index (χ1n) is 9.92. The molecule has 3 nitrogen and oxygen atoms in total. The number of nitrogens with zero attached hydrogens (tertiary/aromatic N) is 2. The third-order valence-corrected chi connectivity index (χ3v) is 6.24. The van der Waals surface area contributed by atoms with Gasteiger partial charge in [0.1, 0.15) is 5.69 Å². The van der Waals surface area contributed by atoms with Gasteiger partial charge in [0.25, 0.3) is 0 Å². The van der Waals surface area contributed by atoms with Crippen LogP contribution in [0.15, 0.2) is 54.6 Å². The Morgan fingerprint density at radius 3 is 2.43 bits per heavy atom. The summed E-state index contributed by atoms with van der Waals surface area (Å²) in [7, 11) is 2.09. The first kappa shape index (κ1) is 20.9. The zero-order valence-corrected chi connectivity index (χ0v) is 17.4. The van der Waals surface area contributed by atoms with Crippen LogP contribution < -0.4 is 5.32 Å². The minimum Gasteiger partial charge on any atom is -0.384 e. The summed E-state index contributed by atoms with van der Waals surface area (Å²) in [6, 6.07) is 16.1. The number of likely N-dealkylation sites (tertiary alicyclic amines) is 1. The lowest BCUT2D eigenvalue weighted by molar-refractivity contribution is -0.140. The van der Waals surface area contributed by atoms with E-state index in [1.165, 1.54) is 11.6 Å². The van der Waals surface area contributed by atoms with Crippen molar-refractivity contribution >= 4 is 28.2 Å². The van der Waals surface area contributed by atoms with Crippen LogP contribution in [0.25, 0.3) is 10.9 Å². The van der Waals surface area contributed by atoms with Gasteiger partial charge in [0.2, 0.25) is 0 Å². The zero-order valence-electron chi connectivity index (χ0n) is 16.6. The zero-order chi connectivity index (χ0) is 21.4. The maximum Gasteiger partial charge on any atom is 0.433 e. The summed E-state index contributed by atoms with van der Waals surface area (Å²) < 4.78 is 40.3. The van der Waals surface area contributed by atoms with E-state index in [0.717, 1.165) is 32.0 Å². The molecular weight excluding hydrogens is 411 g/mol. The summed E-state index contributed by atoms with van der Waals surface area (Å²) >= 11 is 6.13. The summed E-state index contributed by atoms with van der Waals surface area (Å²) in [5.74, 6) is 0. The van der Waals surface area contributed by atoms with Crippen molar-refractivity contribution in [2.75, 3.05) is 32.0 Å². The Kier molecular flexibility index (Phi) is 5.64. The average molecular weight is 434 g/mol. The fourth-order valence-electron chi connectivity index (χ4n) is 4.16. The van der Waals surface area contributed by atoms with E-state index < -0.39 is 11.9 Å². The van der Waals surface area contributed by atoms with Crippen LogP contribution >= 0.6 is 11.6 Å². The van der Waals surface area contributed by atoms with Crippen molar-refractivity contribution in [3.8, 4) is 0 Å². The molecule has 4 rings (SSSR count). The van der Waals surface area contributed by atoms with Crippen molar-refractivity contribution in [2.24, 2.45) is 0 Å². The fraction of sp³-hybridized carbons (Fsp3) is 0.348.